The summed E-state index contributed by atoms with van der Waals surface area (Å²) in [5, 5.41) is 0.0576. The molecule has 90 valence electrons. The van der Waals surface area contributed by atoms with Crippen molar-refractivity contribution in [3.63, 3.8) is 0 Å². The molecule has 0 nitrogen and oxygen atoms in total. The van der Waals surface area contributed by atoms with Crippen LogP contribution in [0.15, 0.2) is 48.5 Å². The van der Waals surface area contributed by atoms with Gasteiger partial charge in [-0.25, -0.2) is 0 Å². The number of fused-ring (bicyclic) bond motifs is 5. The number of halogens is 2. The molecule has 2 aliphatic carbocycles. The molecular weight excluding hydrogens is 263 g/mol. The SMILES string of the molecule is ClC1c2ccccc2C2c3ccccc3C(Cl)C12. The first-order valence-electron chi connectivity index (χ1n) is 6.25. The van der Waals surface area contributed by atoms with E-state index in [1.54, 1.807) is 0 Å². The monoisotopic (exact) mass is 274 g/mol. The second kappa shape index (κ2) is 3.76. The Kier molecular flexibility index (Phi) is 2.27. The smallest absolute Gasteiger partial charge is 0.0642 e. The van der Waals surface area contributed by atoms with Crippen LogP contribution in [-0.4, -0.2) is 0 Å². The van der Waals surface area contributed by atoms with Gasteiger partial charge in [0.2, 0.25) is 0 Å². The minimum atomic E-state index is 0.0288. The van der Waals surface area contributed by atoms with Crippen LogP contribution in [0.5, 0.6) is 0 Å². The quantitative estimate of drug-likeness (QED) is 0.592. The van der Waals surface area contributed by atoms with Crippen LogP contribution < -0.4 is 0 Å². The van der Waals surface area contributed by atoms with Crippen molar-refractivity contribution in [2.75, 3.05) is 0 Å². The summed E-state index contributed by atoms with van der Waals surface area (Å²) in [7, 11) is 0. The maximum Gasteiger partial charge on any atom is 0.0642 e. The molecule has 0 fully saturated rings. The Balaban J connectivity index is 1.98. The van der Waals surface area contributed by atoms with Crippen molar-refractivity contribution in [1.82, 2.24) is 0 Å². The van der Waals surface area contributed by atoms with Crippen molar-refractivity contribution in [2.24, 2.45) is 5.92 Å². The van der Waals surface area contributed by atoms with Gasteiger partial charge in [0, 0.05) is 11.8 Å². The molecule has 4 rings (SSSR count). The summed E-state index contributed by atoms with van der Waals surface area (Å²) in [5.41, 5.74) is 5.24. The zero-order chi connectivity index (χ0) is 12.3. The van der Waals surface area contributed by atoms with Crippen molar-refractivity contribution in [3.8, 4) is 0 Å². The molecule has 0 heterocycles. The molecule has 2 atom stereocenters. The Bertz CT molecular complexity index is 566. The van der Waals surface area contributed by atoms with Gasteiger partial charge in [-0.3, -0.25) is 0 Å². The van der Waals surface area contributed by atoms with Gasteiger partial charge in [-0.15, -0.1) is 23.2 Å². The van der Waals surface area contributed by atoms with Crippen LogP contribution in [0.2, 0.25) is 0 Å². The Morgan fingerprint density at radius 2 is 1.00 bits per heavy atom. The van der Waals surface area contributed by atoms with Crippen LogP contribution in [0.4, 0.5) is 0 Å². The lowest BCUT2D eigenvalue weighted by Crippen LogP contribution is -2.07. The highest BCUT2D eigenvalue weighted by molar-refractivity contribution is 6.25. The lowest BCUT2D eigenvalue weighted by atomic mass is 9.92. The van der Waals surface area contributed by atoms with Crippen LogP contribution in [0, 0.1) is 5.92 Å². The molecular formula is C16H12Cl2. The largest absolute Gasteiger partial charge is 0.117 e. The summed E-state index contributed by atoms with van der Waals surface area (Å²) >= 11 is 13.3. The first kappa shape index (κ1) is 10.9. The average Bonchev–Trinajstić information content (AvgIpc) is 2.87. The number of alkyl halides is 2. The van der Waals surface area contributed by atoms with Crippen molar-refractivity contribution >= 4 is 23.2 Å². The van der Waals surface area contributed by atoms with Crippen molar-refractivity contribution in [3.05, 3.63) is 70.8 Å². The van der Waals surface area contributed by atoms with E-state index in [0.29, 0.717) is 11.8 Å². The Morgan fingerprint density at radius 1 is 0.611 bits per heavy atom. The zero-order valence-corrected chi connectivity index (χ0v) is 11.2. The molecule has 0 saturated carbocycles. The first-order valence-corrected chi connectivity index (χ1v) is 7.12. The average molecular weight is 275 g/mol. The highest BCUT2D eigenvalue weighted by Crippen LogP contribution is 2.63. The van der Waals surface area contributed by atoms with E-state index in [1.807, 2.05) is 0 Å². The van der Waals surface area contributed by atoms with Gasteiger partial charge in [0.1, 0.15) is 0 Å². The van der Waals surface area contributed by atoms with Crippen LogP contribution >= 0.6 is 23.2 Å². The third-order valence-electron chi connectivity index (χ3n) is 4.32. The Labute approximate surface area is 117 Å². The highest BCUT2D eigenvalue weighted by Gasteiger charge is 2.49. The molecule has 0 bridgehead atoms. The van der Waals surface area contributed by atoms with Crippen molar-refractivity contribution in [1.29, 1.82) is 0 Å². The fourth-order valence-corrected chi connectivity index (χ4v) is 4.63. The summed E-state index contributed by atoms with van der Waals surface area (Å²) in [6, 6.07) is 17.0. The summed E-state index contributed by atoms with van der Waals surface area (Å²) in [5.74, 6) is 0.672. The lowest BCUT2D eigenvalue weighted by molar-refractivity contribution is 0.517. The number of rotatable bonds is 0. The van der Waals surface area contributed by atoms with Gasteiger partial charge in [0.05, 0.1) is 10.8 Å². The summed E-state index contributed by atoms with van der Waals surface area (Å²) in [4.78, 5) is 0. The van der Waals surface area contributed by atoms with Gasteiger partial charge in [-0.1, -0.05) is 48.5 Å². The van der Waals surface area contributed by atoms with E-state index >= 15 is 0 Å². The molecule has 0 spiro atoms. The normalized spacial score (nSPS) is 31.9. The van der Waals surface area contributed by atoms with E-state index in [9.17, 15) is 0 Å². The molecule has 2 aromatic carbocycles. The molecule has 0 amide bonds. The molecule has 0 aromatic heterocycles. The topological polar surface area (TPSA) is 0 Å². The highest BCUT2D eigenvalue weighted by atomic mass is 35.5. The van der Waals surface area contributed by atoms with Crippen LogP contribution in [0.1, 0.15) is 38.9 Å². The summed E-state index contributed by atoms with van der Waals surface area (Å²) in [6.07, 6.45) is 0. The van der Waals surface area contributed by atoms with E-state index in [4.69, 9.17) is 23.2 Å². The molecule has 2 aliphatic rings. The number of benzene rings is 2. The zero-order valence-electron chi connectivity index (χ0n) is 9.68. The maximum absolute atomic E-state index is 6.64. The minimum Gasteiger partial charge on any atom is -0.117 e. The molecule has 2 aromatic rings. The van der Waals surface area contributed by atoms with E-state index in [1.165, 1.54) is 22.3 Å². The molecule has 0 radical (unpaired) electrons. The van der Waals surface area contributed by atoms with E-state index in [0.717, 1.165) is 0 Å². The number of hydrogen-bond acceptors (Lipinski definition) is 0. The van der Waals surface area contributed by atoms with Gasteiger partial charge < -0.3 is 0 Å². The van der Waals surface area contributed by atoms with Gasteiger partial charge in [0.15, 0.2) is 0 Å². The predicted molar refractivity (Wildman–Crippen MR) is 75.4 cm³/mol. The third-order valence-corrected chi connectivity index (χ3v) is 5.37. The van der Waals surface area contributed by atoms with Crippen LogP contribution in [0.3, 0.4) is 0 Å². The third kappa shape index (κ3) is 1.23. The molecule has 2 heteroatoms. The van der Waals surface area contributed by atoms with Gasteiger partial charge >= 0.3 is 0 Å². The molecule has 0 aliphatic heterocycles. The van der Waals surface area contributed by atoms with Crippen LogP contribution in [0.25, 0.3) is 0 Å². The predicted octanol–water partition coefficient (Wildman–Crippen LogP) is 5.02. The first-order chi connectivity index (χ1) is 8.79. The molecule has 18 heavy (non-hydrogen) atoms. The van der Waals surface area contributed by atoms with Gasteiger partial charge in [-0.2, -0.15) is 0 Å². The van der Waals surface area contributed by atoms with E-state index in [2.05, 4.69) is 48.5 Å². The van der Waals surface area contributed by atoms with Crippen LogP contribution in [-0.2, 0) is 0 Å². The maximum atomic E-state index is 6.64. The number of hydrogen-bond donors (Lipinski definition) is 0. The molecule has 0 saturated heterocycles. The molecule has 0 N–H and O–H groups in total. The summed E-state index contributed by atoms with van der Waals surface area (Å²) < 4.78 is 0. The summed E-state index contributed by atoms with van der Waals surface area (Å²) in [6.45, 7) is 0. The molecule has 2 unspecified atom stereocenters. The van der Waals surface area contributed by atoms with E-state index in [-0.39, 0.29) is 10.8 Å². The second-order valence-corrected chi connectivity index (χ2v) is 6.06. The van der Waals surface area contributed by atoms with Gasteiger partial charge in [-0.05, 0) is 22.3 Å². The second-order valence-electron chi connectivity index (χ2n) is 5.12. The fraction of sp³-hybridized carbons (Fsp3) is 0.250. The van der Waals surface area contributed by atoms with Gasteiger partial charge in [0.25, 0.3) is 0 Å². The minimum absolute atomic E-state index is 0.0288. The Morgan fingerprint density at radius 3 is 1.44 bits per heavy atom. The van der Waals surface area contributed by atoms with Crippen molar-refractivity contribution < 1.29 is 0 Å². The van der Waals surface area contributed by atoms with Crippen molar-refractivity contribution in [2.45, 2.75) is 16.7 Å². The lowest BCUT2D eigenvalue weighted by Gasteiger charge is -2.17. The standard InChI is InChI=1S/C16H12Cl2/c17-15-11-7-3-1-5-9(11)13-10-6-2-4-8-12(10)16(18)14(13)15/h1-8,13-16H. The Hall–Kier alpha value is -0.980. The van der Waals surface area contributed by atoms with E-state index < -0.39 is 0 Å². The fourth-order valence-electron chi connectivity index (χ4n) is 3.57.